The average Bonchev–Trinajstić information content (AvgIpc) is 2.86. The zero-order valence-corrected chi connectivity index (χ0v) is 14.3. The van der Waals surface area contributed by atoms with E-state index in [0.29, 0.717) is 0 Å². The first-order chi connectivity index (χ1) is 12.6. The first kappa shape index (κ1) is 18.6. The van der Waals surface area contributed by atoms with Gasteiger partial charge in [-0.2, -0.15) is 23.3 Å². The van der Waals surface area contributed by atoms with Crippen LogP contribution in [0.25, 0.3) is 11.0 Å². The molecule has 0 spiro atoms. The number of nitrogens with zero attached hydrogens (tertiary/aromatic N) is 3. The highest BCUT2D eigenvalue weighted by atomic mass is 19.4. The summed E-state index contributed by atoms with van der Waals surface area (Å²) >= 11 is 0. The van der Waals surface area contributed by atoms with Gasteiger partial charge in [-0.05, 0) is 25.1 Å². The van der Waals surface area contributed by atoms with E-state index in [1.807, 2.05) is 0 Å². The minimum atomic E-state index is -4.64. The SMILES string of the molecule is Cc1nn(C)c2nc(OCC(=O)Nc3cccc(F)c3)cc(C(F)(F)F)c12. The van der Waals surface area contributed by atoms with E-state index >= 15 is 0 Å². The van der Waals surface area contributed by atoms with Crippen molar-refractivity contribution in [3.8, 4) is 5.88 Å². The van der Waals surface area contributed by atoms with E-state index in [4.69, 9.17) is 4.74 Å². The third-order valence-electron chi connectivity index (χ3n) is 3.71. The predicted molar refractivity (Wildman–Crippen MR) is 88.8 cm³/mol. The van der Waals surface area contributed by atoms with Gasteiger partial charge >= 0.3 is 6.18 Å². The van der Waals surface area contributed by atoms with Gasteiger partial charge in [0.1, 0.15) is 5.82 Å². The third-order valence-corrected chi connectivity index (χ3v) is 3.71. The van der Waals surface area contributed by atoms with Gasteiger partial charge < -0.3 is 10.1 Å². The molecule has 0 saturated heterocycles. The van der Waals surface area contributed by atoms with Gasteiger partial charge in [0.25, 0.3) is 5.91 Å². The van der Waals surface area contributed by atoms with E-state index in [1.165, 1.54) is 36.9 Å². The number of ether oxygens (including phenoxy) is 1. The molecule has 0 bridgehead atoms. The smallest absolute Gasteiger partial charge is 0.417 e. The number of amides is 1. The van der Waals surface area contributed by atoms with Crippen LogP contribution in [-0.2, 0) is 18.0 Å². The van der Waals surface area contributed by atoms with E-state index < -0.39 is 30.1 Å². The van der Waals surface area contributed by atoms with Crippen molar-refractivity contribution in [2.45, 2.75) is 13.1 Å². The van der Waals surface area contributed by atoms with E-state index in [2.05, 4.69) is 15.4 Å². The fourth-order valence-electron chi connectivity index (χ4n) is 2.62. The first-order valence-corrected chi connectivity index (χ1v) is 7.75. The molecule has 3 aromatic rings. The number of pyridine rings is 1. The Labute approximate surface area is 150 Å². The van der Waals surface area contributed by atoms with E-state index in [9.17, 15) is 22.4 Å². The number of hydrogen-bond acceptors (Lipinski definition) is 4. The van der Waals surface area contributed by atoms with Gasteiger partial charge in [-0.15, -0.1) is 0 Å². The van der Waals surface area contributed by atoms with Crippen molar-refractivity contribution in [1.82, 2.24) is 14.8 Å². The van der Waals surface area contributed by atoms with Gasteiger partial charge in [0.05, 0.1) is 16.6 Å². The Morgan fingerprint density at radius 1 is 1.30 bits per heavy atom. The number of aryl methyl sites for hydroxylation is 2. The van der Waals surface area contributed by atoms with Crippen molar-refractivity contribution < 1.29 is 27.1 Å². The molecular weight excluding hydrogens is 368 g/mol. The quantitative estimate of drug-likeness (QED) is 0.702. The maximum absolute atomic E-state index is 13.4. The highest BCUT2D eigenvalue weighted by Crippen LogP contribution is 2.37. The molecule has 0 radical (unpaired) electrons. The predicted octanol–water partition coefficient (Wildman–Crippen LogP) is 3.45. The summed E-state index contributed by atoms with van der Waals surface area (Å²) < 4.78 is 59.6. The Morgan fingerprint density at radius 2 is 2.04 bits per heavy atom. The van der Waals surface area contributed by atoms with Crippen LogP contribution in [-0.4, -0.2) is 27.3 Å². The minimum absolute atomic E-state index is 0.0112. The molecule has 0 aliphatic rings. The largest absolute Gasteiger partial charge is 0.467 e. The minimum Gasteiger partial charge on any atom is -0.467 e. The normalized spacial score (nSPS) is 11.6. The Bertz CT molecular complexity index is 1010. The molecule has 2 aromatic heterocycles. The number of carbonyl (C=O) groups is 1. The number of halogens is 4. The van der Waals surface area contributed by atoms with Crippen molar-refractivity contribution in [3.05, 3.63) is 47.4 Å². The lowest BCUT2D eigenvalue weighted by molar-refractivity contribution is -0.136. The van der Waals surface area contributed by atoms with Gasteiger partial charge in [-0.25, -0.2) is 4.39 Å². The average molecular weight is 382 g/mol. The Morgan fingerprint density at radius 3 is 2.70 bits per heavy atom. The number of benzene rings is 1. The first-order valence-electron chi connectivity index (χ1n) is 7.75. The van der Waals surface area contributed by atoms with Gasteiger partial charge in [0.15, 0.2) is 12.3 Å². The van der Waals surface area contributed by atoms with Gasteiger partial charge in [0.2, 0.25) is 5.88 Å². The molecule has 0 atom stereocenters. The second kappa shape index (κ2) is 6.86. The van der Waals surface area contributed by atoms with Crippen molar-refractivity contribution in [1.29, 1.82) is 0 Å². The van der Waals surface area contributed by atoms with E-state index in [1.54, 1.807) is 0 Å². The highest BCUT2D eigenvalue weighted by Gasteiger charge is 2.35. The number of rotatable bonds is 4. The monoisotopic (exact) mass is 382 g/mol. The topological polar surface area (TPSA) is 69.0 Å². The van der Waals surface area contributed by atoms with E-state index in [-0.39, 0.29) is 28.3 Å². The maximum Gasteiger partial charge on any atom is 0.417 e. The van der Waals surface area contributed by atoms with Gasteiger partial charge in [-0.3, -0.25) is 9.48 Å². The number of hydrogen-bond donors (Lipinski definition) is 1. The number of fused-ring (bicyclic) bond motifs is 1. The number of alkyl halides is 3. The highest BCUT2D eigenvalue weighted by molar-refractivity contribution is 5.92. The molecule has 27 heavy (non-hydrogen) atoms. The molecule has 0 unspecified atom stereocenters. The zero-order chi connectivity index (χ0) is 19.8. The van der Waals surface area contributed by atoms with Crippen LogP contribution >= 0.6 is 0 Å². The Balaban J connectivity index is 1.83. The van der Waals surface area contributed by atoms with Crippen LogP contribution in [0.4, 0.5) is 23.2 Å². The van der Waals surface area contributed by atoms with Crippen LogP contribution in [0, 0.1) is 12.7 Å². The molecule has 0 aliphatic heterocycles. The lowest BCUT2D eigenvalue weighted by atomic mass is 10.1. The van der Waals surface area contributed by atoms with Gasteiger partial charge in [0, 0.05) is 18.8 Å². The molecule has 10 heteroatoms. The second-order valence-electron chi connectivity index (χ2n) is 5.76. The van der Waals surface area contributed by atoms with Crippen molar-refractivity contribution in [3.63, 3.8) is 0 Å². The Hall–Kier alpha value is -3.17. The summed E-state index contributed by atoms with van der Waals surface area (Å²) in [4.78, 5) is 15.9. The molecule has 1 N–H and O–H groups in total. The summed E-state index contributed by atoms with van der Waals surface area (Å²) in [5.41, 5.74) is -0.575. The van der Waals surface area contributed by atoms with Crippen LogP contribution in [0.2, 0.25) is 0 Å². The summed E-state index contributed by atoms with van der Waals surface area (Å²) in [6.07, 6.45) is -4.64. The molecular formula is C17H14F4N4O2. The van der Waals surface area contributed by atoms with Crippen LogP contribution in [0.15, 0.2) is 30.3 Å². The standard InChI is InChI=1S/C17H14F4N4O2/c1-9-15-12(17(19,20)21)7-14(23-16(15)25(2)24-9)27-8-13(26)22-11-5-3-4-10(18)6-11/h3-7H,8H2,1-2H3,(H,22,26). The number of carbonyl (C=O) groups excluding carboxylic acids is 1. The summed E-state index contributed by atoms with van der Waals surface area (Å²) in [6.45, 7) is 0.857. The fraction of sp³-hybridized carbons (Fsp3) is 0.235. The van der Waals surface area contributed by atoms with Gasteiger partial charge in [-0.1, -0.05) is 6.07 Å². The molecule has 0 aliphatic carbocycles. The van der Waals surface area contributed by atoms with Crippen LogP contribution in [0.5, 0.6) is 5.88 Å². The lowest BCUT2D eigenvalue weighted by Crippen LogP contribution is -2.21. The van der Waals surface area contributed by atoms with Crippen LogP contribution in [0.1, 0.15) is 11.3 Å². The molecule has 6 nitrogen and oxygen atoms in total. The third kappa shape index (κ3) is 3.99. The molecule has 0 fully saturated rings. The van der Waals surface area contributed by atoms with E-state index in [0.717, 1.165) is 12.1 Å². The molecule has 1 aromatic carbocycles. The number of anilines is 1. The van der Waals surface area contributed by atoms with Crippen LogP contribution in [0.3, 0.4) is 0 Å². The van der Waals surface area contributed by atoms with Crippen molar-refractivity contribution in [2.75, 3.05) is 11.9 Å². The molecule has 2 heterocycles. The summed E-state index contributed by atoms with van der Waals surface area (Å²) in [6, 6.07) is 5.90. The van der Waals surface area contributed by atoms with Crippen molar-refractivity contribution >= 4 is 22.6 Å². The molecule has 0 saturated carbocycles. The Kier molecular flexibility index (Phi) is 4.73. The molecule has 142 valence electrons. The number of nitrogens with one attached hydrogen (secondary N) is 1. The zero-order valence-electron chi connectivity index (χ0n) is 14.3. The summed E-state index contributed by atoms with van der Waals surface area (Å²) in [5.74, 6) is -1.58. The molecule has 1 amide bonds. The fourth-order valence-corrected chi connectivity index (χ4v) is 2.62. The van der Waals surface area contributed by atoms with Crippen molar-refractivity contribution in [2.24, 2.45) is 7.05 Å². The lowest BCUT2D eigenvalue weighted by Gasteiger charge is -2.12. The molecule has 3 rings (SSSR count). The number of aromatic nitrogens is 3. The van der Waals surface area contributed by atoms with Crippen LogP contribution < -0.4 is 10.1 Å². The summed E-state index contributed by atoms with van der Waals surface area (Å²) in [7, 11) is 1.46. The second-order valence-corrected chi connectivity index (χ2v) is 5.76. The maximum atomic E-state index is 13.4. The summed E-state index contributed by atoms with van der Waals surface area (Å²) in [5, 5.41) is 6.20.